The summed E-state index contributed by atoms with van der Waals surface area (Å²) in [4.78, 5) is 11.9. The van der Waals surface area contributed by atoms with E-state index in [1.165, 1.54) is 12.1 Å². The highest BCUT2D eigenvalue weighted by atomic mass is 32.2. The lowest BCUT2D eigenvalue weighted by atomic mass is 10.2. The maximum Gasteiger partial charge on any atom is 0.239 e. The van der Waals surface area contributed by atoms with Crippen molar-refractivity contribution in [1.82, 2.24) is 0 Å². The summed E-state index contributed by atoms with van der Waals surface area (Å²) in [5.41, 5.74) is 7.45. The molecule has 2 aromatic rings. The molecule has 0 atom stereocenters. The molecule has 0 saturated carbocycles. The number of carbonyl (C=O) groups excluding carboxylic acids is 1. The second kappa shape index (κ2) is 5.97. The van der Waals surface area contributed by atoms with Crippen molar-refractivity contribution < 1.29 is 13.2 Å². The molecule has 0 radical (unpaired) electrons. The molecule has 0 spiro atoms. The monoisotopic (exact) mass is 304 g/mol. The van der Waals surface area contributed by atoms with E-state index in [9.17, 15) is 13.2 Å². The lowest BCUT2D eigenvalue weighted by molar-refractivity contribution is -0.113. The van der Waals surface area contributed by atoms with Gasteiger partial charge < -0.3 is 11.1 Å². The first-order valence-corrected chi connectivity index (χ1v) is 7.97. The normalized spacial score (nSPS) is 11.1. The lowest BCUT2D eigenvalue weighted by Gasteiger charge is -2.07. The summed E-state index contributed by atoms with van der Waals surface area (Å²) in [6.07, 6.45) is 0. The standard InChI is InChI=1S/C15H16N2O3S/c1-11-4-2-6-13(8-11)17-15(18)10-21(19,20)14-7-3-5-12(16)9-14/h2-9H,10,16H2,1H3,(H,17,18). The molecule has 0 saturated heterocycles. The van der Waals surface area contributed by atoms with Gasteiger partial charge in [-0.15, -0.1) is 0 Å². The second-order valence-corrected chi connectivity index (χ2v) is 6.74. The zero-order valence-corrected chi connectivity index (χ0v) is 12.4. The molecular weight excluding hydrogens is 288 g/mol. The van der Waals surface area contributed by atoms with E-state index in [0.29, 0.717) is 11.4 Å². The van der Waals surface area contributed by atoms with Crippen molar-refractivity contribution in [2.75, 3.05) is 16.8 Å². The Balaban J connectivity index is 2.12. The number of anilines is 2. The highest BCUT2D eigenvalue weighted by Gasteiger charge is 2.19. The van der Waals surface area contributed by atoms with E-state index in [1.54, 1.807) is 30.3 Å². The van der Waals surface area contributed by atoms with Gasteiger partial charge in [0.1, 0.15) is 5.75 Å². The Kier molecular flexibility index (Phi) is 4.28. The minimum Gasteiger partial charge on any atom is -0.399 e. The predicted molar refractivity (Wildman–Crippen MR) is 82.7 cm³/mol. The number of nitrogens with two attached hydrogens (primary N) is 1. The number of benzene rings is 2. The maximum atomic E-state index is 12.1. The van der Waals surface area contributed by atoms with E-state index in [-0.39, 0.29) is 4.90 Å². The third-order valence-electron chi connectivity index (χ3n) is 2.84. The summed E-state index contributed by atoms with van der Waals surface area (Å²) >= 11 is 0. The molecule has 0 aliphatic carbocycles. The number of nitrogen functional groups attached to an aromatic ring is 1. The Morgan fingerprint density at radius 1 is 1.14 bits per heavy atom. The molecule has 1 amide bonds. The molecule has 5 nitrogen and oxygen atoms in total. The molecule has 3 N–H and O–H groups in total. The molecule has 0 fully saturated rings. The van der Waals surface area contributed by atoms with Gasteiger partial charge in [0.15, 0.2) is 9.84 Å². The van der Waals surface area contributed by atoms with Crippen LogP contribution in [0.15, 0.2) is 53.4 Å². The van der Waals surface area contributed by atoms with Crippen LogP contribution in [0.25, 0.3) is 0 Å². The maximum absolute atomic E-state index is 12.1. The van der Waals surface area contributed by atoms with E-state index in [0.717, 1.165) is 5.56 Å². The van der Waals surface area contributed by atoms with E-state index in [4.69, 9.17) is 5.73 Å². The molecule has 21 heavy (non-hydrogen) atoms. The van der Waals surface area contributed by atoms with Crippen molar-refractivity contribution in [1.29, 1.82) is 0 Å². The van der Waals surface area contributed by atoms with Crippen LogP contribution in [0.1, 0.15) is 5.56 Å². The SMILES string of the molecule is Cc1cccc(NC(=O)CS(=O)(=O)c2cccc(N)c2)c1. The molecular formula is C15H16N2O3S. The van der Waals surface area contributed by atoms with Crippen LogP contribution in [-0.2, 0) is 14.6 Å². The number of nitrogens with one attached hydrogen (secondary N) is 1. The average molecular weight is 304 g/mol. The van der Waals surface area contributed by atoms with Gasteiger partial charge in [-0.3, -0.25) is 4.79 Å². The first-order valence-electron chi connectivity index (χ1n) is 6.32. The molecule has 2 rings (SSSR count). The number of sulfone groups is 1. The molecule has 0 aliphatic rings. The Bertz CT molecular complexity index is 770. The van der Waals surface area contributed by atoms with Crippen molar-refractivity contribution in [3.05, 3.63) is 54.1 Å². The average Bonchev–Trinajstić information content (AvgIpc) is 2.37. The first kappa shape index (κ1) is 15.1. The number of hydrogen-bond donors (Lipinski definition) is 2. The van der Waals surface area contributed by atoms with Crippen LogP contribution < -0.4 is 11.1 Å². The van der Waals surface area contributed by atoms with Gasteiger partial charge in [0.05, 0.1) is 4.90 Å². The Hall–Kier alpha value is -2.34. The minimum absolute atomic E-state index is 0.0434. The van der Waals surface area contributed by atoms with Crippen LogP contribution in [0.5, 0.6) is 0 Å². The molecule has 0 aliphatic heterocycles. The highest BCUT2D eigenvalue weighted by Crippen LogP contribution is 2.15. The van der Waals surface area contributed by atoms with Gasteiger partial charge >= 0.3 is 0 Å². The number of rotatable bonds is 4. The molecule has 6 heteroatoms. The largest absolute Gasteiger partial charge is 0.399 e. The number of aryl methyl sites for hydroxylation is 1. The molecule has 2 aromatic carbocycles. The highest BCUT2D eigenvalue weighted by molar-refractivity contribution is 7.92. The van der Waals surface area contributed by atoms with E-state index < -0.39 is 21.5 Å². The quantitative estimate of drug-likeness (QED) is 0.845. The molecule has 0 heterocycles. The van der Waals surface area contributed by atoms with Gasteiger partial charge in [0.2, 0.25) is 5.91 Å². The summed E-state index contributed by atoms with van der Waals surface area (Å²) in [7, 11) is -3.70. The van der Waals surface area contributed by atoms with Gasteiger partial charge in [0, 0.05) is 11.4 Å². The van der Waals surface area contributed by atoms with Crippen molar-refractivity contribution in [2.45, 2.75) is 11.8 Å². The Labute approximate surface area is 123 Å². The van der Waals surface area contributed by atoms with Crippen LogP contribution >= 0.6 is 0 Å². The number of hydrogen-bond acceptors (Lipinski definition) is 4. The molecule has 0 bridgehead atoms. The van der Waals surface area contributed by atoms with Crippen molar-refractivity contribution in [2.24, 2.45) is 0 Å². The summed E-state index contributed by atoms with van der Waals surface area (Å²) in [6.45, 7) is 1.89. The topological polar surface area (TPSA) is 89.3 Å². The zero-order chi connectivity index (χ0) is 15.5. The van der Waals surface area contributed by atoms with Gasteiger partial charge in [-0.2, -0.15) is 0 Å². The number of amides is 1. The third-order valence-corrected chi connectivity index (χ3v) is 4.45. The van der Waals surface area contributed by atoms with Gasteiger partial charge in [-0.05, 0) is 42.8 Å². The van der Waals surface area contributed by atoms with Crippen LogP contribution in [0.3, 0.4) is 0 Å². The third kappa shape index (κ3) is 4.06. The van der Waals surface area contributed by atoms with Gasteiger partial charge in [-0.25, -0.2) is 8.42 Å². The Morgan fingerprint density at radius 2 is 1.86 bits per heavy atom. The van der Waals surface area contributed by atoms with Gasteiger partial charge in [-0.1, -0.05) is 18.2 Å². The van der Waals surface area contributed by atoms with Crippen LogP contribution in [0, 0.1) is 6.92 Å². The molecule has 110 valence electrons. The van der Waals surface area contributed by atoms with Crippen molar-refractivity contribution >= 4 is 27.1 Å². The minimum atomic E-state index is -3.70. The molecule has 0 unspecified atom stereocenters. The smallest absolute Gasteiger partial charge is 0.239 e. The van der Waals surface area contributed by atoms with Crippen molar-refractivity contribution in [3.8, 4) is 0 Å². The van der Waals surface area contributed by atoms with Gasteiger partial charge in [0.25, 0.3) is 0 Å². The summed E-state index contributed by atoms with van der Waals surface area (Å²) in [5.74, 6) is -1.20. The van der Waals surface area contributed by atoms with E-state index >= 15 is 0 Å². The summed E-state index contributed by atoms with van der Waals surface area (Å²) in [6, 6.07) is 13.0. The van der Waals surface area contributed by atoms with Crippen LogP contribution in [-0.4, -0.2) is 20.1 Å². The summed E-state index contributed by atoms with van der Waals surface area (Å²) in [5, 5.41) is 2.57. The molecule has 0 aromatic heterocycles. The zero-order valence-electron chi connectivity index (χ0n) is 11.5. The van der Waals surface area contributed by atoms with Crippen LogP contribution in [0.2, 0.25) is 0 Å². The van der Waals surface area contributed by atoms with E-state index in [2.05, 4.69) is 5.32 Å². The van der Waals surface area contributed by atoms with Crippen LogP contribution in [0.4, 0.5) is 11.4 Å². The Morgan fingerprint density at radius 3 is 2.52 bits per heavy atom. The predicted octanol–water partition coefficient (Wildman–Crippen LogP) is 1.99. The second-order valence-electron chi connectivity index (χ2n) is 4.75. The first-order chi connectivity index (χ1) is 9.87. The fourth-order valence-corrected chi connectivity index (χ4v) is 3.07. The number of carbonyl (C=O) groups is 1. The summed E-state index contributed by atoms with van der Waals surface area (Å²) < 4.78 is 24.3. The lowest BCUT2D eigenvalue weighted by Crippen LogP contribution is -2.23. The van der Waals surface area contributed by atoms with Crippen molar-refractivity contribution in [3.63, 3.8) is 0 Å². The fourth-order valence-electron chi connectivity index (χ4n) is 1.88. The van der Waals surface area contributed by atoms with E-state index in [1.807, 2.05) is 13.0 Å². The fraction of sp³-hybridized carbons (Fsp3) is 0.133.